The van der Waals surface area contributed by atoms with Crippen molar-refractivity contribution in [2.75, 3.05) is 26.3 Å². The zero-order chi connectivity index (χ0) is 12.3. The lowest BCUT2D eigenvalue weighted by Gasteiger charge is -2.26. The second kappa shape index (κ2) is 5.25. The molecule has 4 nitrogen and oxygen atoms in total. The molecule has 1 N–H and O–H groups in total. The molecule has 1 aliphatic rings. The third-order valence-corrected chi connectivity index (χ3v) is 2.71. The average Bonchev–Trinajstić information content (AvgIpc) is 2.29. The van der Waals surface area contributed by atoms with E-state index in [9.17, 15) is 9.18 Å². The highest BCUT2D eigenvalue weighted by atomic mass is 19.1. The highest BCUT2D eigenvalue weighted by Gasteiger charge is 2.13. The van der Waals surface area contributed by atoms with Crippen LogP contribution in [0.1, 0.15) is 15.9 Å². The van der Waals surface area contributed by atoms with Gasteiger partial charge in [-0.25, -0.2) is 9.18 Å². The number of carbonyl (C=O) groups is 1. The van der Waals surface area contributed by atoms with Crippen molar-refractivity contribution >= 4 is 5.97 Å². The number of hydrogen-bond donors (Lipinski definition) is 1. The molecule has 0 spiro atoms. The van der Waals surface area contributed by atoms with Gasteiger partial charge in [0.1, 0.15) is 5.82 Å². The molecule has 0 saturated carbocycles. The molecular formula is C12H14FNO3. The first kappa shape index (κ1) is 12.0. The molecule has 0 bridgehead atoms. The van der Waals surface area contributed by atoms with E-state index in [1.165, 1.54) is 12.1 Å². The van der Waals surface area contributed by atoms with Crippen molar-refractivity contribution in [3.63, 3.8) is 0 Å². The fourth-order valence-corrected chi connectivity index (χ4v) is 1.88. The van der Waals surface area contributed by atoms with Gasteiger partial charge in [0.2, 0.25) is 0 Å². The van der Waals surface area contributed by atoms with Crippen LogP contribution in [0.2, 0.25) is 0 Å². The molecule has 0 radical (unpaired) electrons. The van der Waals surface area contributed by atoms with Crippen molar-refractivity contribution in [2.24, 2.45) is 0 Å². The summed E-state index contributed by atoms with van der Waals surface area (Å²) in [6.07, 6.45) is 0. The predicted molar refractivity (Wildman–Crippen MR) is 59.5 cm³/mol. The number of halogens is 1. The summed E-state index contributed by atoms with van der Waals surface area (Å²) in [6.45, 7) is 3.47. The van der Waals surface area contributed by atoms with Crippen molar-refractivity contribution in [3.05, 3.63) is 35.1 Å². The molecule has 0 amide bonds. The van der Waals surface area contributed by atoms with Crippen LogP contribution in [0.3, 0.4) is 0 Å². The molecule has 92 valence electrons. The van der Waals surface area contributed by atoms with Gasteiger partial charge in [0, 0.05) is 19.6 Å². The van der Waals surface area contributed by atoms with Gasteiger partial charge >= 0.3 is 5.97 Å². The first-order valence-electron chi connectivity index (χ1n) is 5.48. The predicted octanol–water partition coefficient (Wildman–Crippen LogP) is 1.36. The van der Waals surface area contributed by atoms with Crippen molar-refractivity contribution < 1.29 is 19.0 Å². The lowest BCUT2D eigenvalue weighted by molar-refractivity contribution is 0.0341. The van der Waals surface area contributed by atoms with E-state index in [-0.39, 0.29) is 5.56 Å². The highest BCUT2D eigenvalue weighted by molar-refractivity contribution is 5.87. The Morgan fingerprint density at radius 3 is 2.71 bits per heavy atom. The number of aromatic carboxylic acids is 1. The smallest absolute Gasteiger partial charge is 0.335 e. The molecule has 1 heterocycles. The Morgan fingerprint density at radius 2 is 2.06 bits per heavy atom. The maximum atomic E-state index is 13.2. The van der Waals surface area contributed by atoms with Crippen LogP contribution in [0.4, 0.5) is 4.39 Å². The van der Waals surface area contributed by atoms with E-state index in [1.54, 1.807) is 0 Å². The van der Waals surface area contributed by atoms with E-state index in [2.05, 4.69) is 4.90 Å². The second-order valence-electron chi connectivity index (χ2n) is 4.04. The topological polar surface area (TPSA) is 49.8 Å². The van der Waals surface area contributed by atoms with Crippen LogP contribution in [-0.4, -0.2) is 42.3 Å². The van der Waals surface area contributed by atoms with Gasteiger partial charge in [0.05, 0.1) is 18.8 Å². The number of carboxylic acids is 1. The summed E-state index contributed by atoms with van der Waals surface area (Å²) in [5.74, 6) is -1.61. The molecule has 1 fully saturated rings. The molecule has 2 rings (SSSR count). The Hall–Kier alpha value is -1.46. The second-order valence-corrected chi connectivity index (χ2v) is 4.04. The molecule has 1 aromatic carbocycles. The molecule has 0 aromatic heterocycles. The zero-order valence-electron chi connectivity index (χ0n) is 9.36. The van der Waals surface area contributed by atoms with Crippen molar-refractivity contribution in [1.82, 2.24) is 4.90 Å². The molecule has 1 aromatic rings. The van der Waals surface area contributed by atoms with Crippen LogP contribution in [0.5, 0.6) is 0 Å². The van der Waals surface area contributed by atoms with Gasteiger partial charge in [0.15, 0.2) is 0 Å². The summed E-state index contributed by atoms with van der Waals surface area (Å²) in [5.41, 5.74) is 0.678. The minimum atomic E-state index is -1.10. The number of morpholine rings is 1. The maximum Gasteiger partial charge on any atom is 0.335 e. The van der Waals surface area contributed by atoms with E-state index < -0.39 is 11.8 Å². The monoisotopic (exact) mass is 239 g/mol. The fraction of sp³-hybridized carbons (Fsp3) is 0.417. The van der Waals surface area contributed by atoms with Crippen molar-refractivity contribution in [3.8, 4) is 0 Å². The van der Waals surface area contributed by atoms with E-state index in [0.717, 1.165) is 19.2 Å². The largest absolute Gasteiger partial charge is 0.478 e. The lowest BCUT2D eigenvalue weighted by Crippen LogP contribution is -2.35. The molecule has 0 atom stereocenters. The van der Waals surface area contributed by atoms with Crippen molar-refractivity contribution in [2.45, 2.75) is 6.54 Å². The van der Waals surface area contributed by atoms with E-state index in [0.29, 0.717) is 25.3 Å². The summed E-state index contributed by atoms with van der Waals surface area (Å²) >= 11 is 0. The van der Waals surface area contributed by atoms with E-state index in [4.69, 9.17) is 9.84 Å². The fourth-order valence-electron chi connectivity index (χ4n) is 1.88. The van der Waals surface area contributed by atoms with Gasteiger partial charge in [0.25, 0.3) is 0 Å². The Bertz CT molecular complexity index is 416. The number of ether oxygens (including phenoxy) is 1. The summed E-state index contributed by atoms with van der Waals surface area (Å²) < 4.78 is 18.4. The lowest BCUT2D eigenvalue weighted by atomic mass is 10.1. The molecular weight excluding hydrogens is 225 g/mol. The third kappa shape index (κ3) is 3.25. The number of nitrogens with zero attached hydrogens (tertiary/aromatic N) is 1. The quantitative estimate of drug-likeness (QED) is 0.865. The standard InChI is InChI=1S/C12H14FNO3/c13-11-6-9(5-10(7-11)12(15)16)8-14-1-3-17-4-2-14/h5-7H,1-4,8H2,(H,15,16). The summed E-state index contributed by atoms with van der Waals surface area (Å²) in [4.78, 5) is 12.9. The summed E-state index contributed by atoms with van der Waals surface area (Å²) in [7, 11) is 0. The summed E-state index contributed by atoms with van der Waals surface area (Å²) in [6, 6.07) is 3.92. The van der Waals surface area contributed by atoms with Gasteiger partial charge in [-0.3, -0.25) is 4.90 Å². The van der Waals surface area contributed by atoms with E-state index >= 15 is 0 Å². The Kier molecular flexibility index (Phi) is 3.71. The number of hydrogen-bond acceptors (Lipinski definition) is 3. The highest BCUT2D eigenvalue weighted by Crippen LogP contribution is 2.12. The van der Waals surface area contributed by atoms with Crippen LogP contribution < -0.4 is 0 Å². The average molecular weight is 239 g/mol. The van der Waals surface area contributed by atoms with Crippen LogP contribution in [0, 0.1) is 5.82 Å². The molecule has 17 heavy (non-hydrogen) atoms. The van der Waals surface area contributed by atoms with E-state index in [1.807, 2.05) is 0 Å². The van der Waals surface area contributed by atoms with Gasteiger partial charge in [-0.05, 0) is 23.8 Å². The first-order chi connectivity index (χ1) is 8.15. The van der Waals surface area contributed by atoms with Crippen LogP contribution in [-0.2, 0) is 11.3 Å². The van der Waals surface area contributed by atoms with Gasteiger partial charge < -0.3 is 9.84 Å². The minimum Gasteiger partial charge on any atom is -0.478 e. The molecule has 0 unspecified atom stereocenters. The number of benzene rings is 1. The number of rotatable bonds is 3. The Morgan fingerprint density at radius 1 is 1.35 bits per heavy atom. The molecule has 1 aliphatic heterocycles. The normalized spacial score (nSPS) is 17.0. The minimum absolute atomic E-state index is 0.00624. The molecule has 1 saturated heterocycles. The van der Waals surface area contributed by atoms with Crippen molar-refractivity contribution in [1.29, 1.82) is 0 Å². The SMILES string of the molecule is O=C(O)c1cc(F)cc(CN2CCOCC2)c1. The maximum absolute atomic E-state index is 13.2. The Labute approximate surface area is 98.6 Å². The van der Waals surface area contributed by atoms with Crippen LogP contribution >= 0.6 is 0 Å². The number of carboxylic acid groups (broad SMARTS) is 1. The third-order valence-electron chi connectivity index (χ3n) is 2.71. The molecule has 5 heteroatoms. The van der Waals surface area contributed by atoms with Gasteiger partial charge in [-0.2, -0.15) is 0 Å². The first-order valence-corrected chi connectivity index (χ1v) is 5.48. The Balaban J connectivity index is 2.11. The van der Waals surface area contributed by atoms with Crippen LogP contribution in [0.25, 0.3) is 0 Å². The van der Waals surface area contributed by atoms with Crippen LogP contribution in [0.15, 0.2) is 18.2 Å². The zero-order valence-corrected chi connectivity index (χ0v) is 9.36. The van der Waals surface area contributed by atoms with Gasteiger partial charge in [-0.15, -0.1) is 0 Å². The summed E-state index contributed by atoms with van der Waals surface area (Å²) in [5, 5.41) is 8.84. The molecule has 0 aliphatic carbocycles. The van der Waals surface area contributed by atoms with Gasteiger partial charge in [-0.1, -0.05) is 0 Å².